The Bertz CT molecular complexity index is 2800. The molecule has 1 aliphatic heterocycles. The van der Waals surface area contributed by atoms with E-state index in [1.54, 1.807) is 68.4 Å². The zero-order valence-electron chi connectivity index (χ0n) is 49.1. The van der Waals surface area contributed by atoms with Crippen molar-refractivity contribution >= 4 is 65.0 Å². The van der Waals surface area contributed by atoms with Gasteiger partial charge in [0, 0.05) is 36.8 Å². The highest BCUT2D eigenvalue weighted by molar-refractivity contribution is 6.01. The number of hydrogen-bond donors (Lipinski definition) is 18. The number of aliphatic hydroxyl groups is 2. The summed E-state index contributed by atoms with van der Waals surface area (Å²) in [5, 5.41) is 48.8. The molecule has 476 valence electrons. The van der Waals surface area contributed by atoms with Crippen LogP contribution in [0.1, 0.15) is 75.2 Å². The van der Waals surface area contributed by atoms with Crippen molar-refractivity contribution in [1.82, 2.24) is 63.5 Å². The number of carbonyl (C=O) groups excluding carboxylic acids is 11. The highest BCUT2D eigenvalue weighted by atomic mass is 16.3. The SMILES string of the molecule is CC[C@H](C)[C@@H]1NC(=O)[C@@H](Cc2ccccc2)NC(=O)[C@H](CCN)NC(=O)[C@@H](NC(=O)[C@@H](CN)NC(=O)[C@H](CO)NC(=O)[C@H](CCN)NC(=O)c2ccnc(-c3ccccc3)c2)CCNC(=O)[C@H]([C@@H](C)O)NC(=O)[C@H](CCN)NC(=O)[C@H](CCN)NC1=O. The summed E-state index contributed by atoms with van der Waals surface area (Å²) in [6, 6.07) is 5.23. The largest absolute Gasteiger partial charge is 0.394 e. The molecule has 0 saturated carbocycles. The molecule has 23 N–H and O–H groups in total. The molecule has 87 heavy (non-hydrogen) atoms. The van der Waals surface area contributed by atoms with Crippen molar-refractivity contribution in [3.63, 3.8) is 0 Å². The maximum absolute atomic E-state index is 14.5. The Morgan fingerprint density at radius 1 is 0.598 bits per heavy atom. The van der Waals surface area contributed by atoms with E-state index in [1.807, 2.05) is 6.07 Å². The second kappa shape index (κ2) is 36.5. The molecule has 1 fully saturated rings. The van der Waals surface area contributed by atoms with Crippen molar-refractivity contribution < 1.29 is 63.0 Å². The molecule has 0 aliphatic carbocycles. The highest BCUT2D eigenvalue weighted by Crippen LogP contribution is 2.18. The predicted octanol–water partition coefficient (Wildman–Crippen LogP) is -6.25. The number of hydrogen-bond acceptors (Lipinski definition) is 19. The Morgan fingerprint density at radius 2 is 1.11 bits per heavy atom. The number of nitrogens with one attached hydrogen (secondary N) is 11. The number of carbonyl (C=O) groups is 11. The van der Waals surface area contributed by atoms with Crippen molar-refractivity contribution in [3.05, 3.63) is 90.1 Å². The molecule has 30 nitrogen and oxygen atoms in total. The van der Waals surface area contributed by atoms with Crippen LogP contribution in [-0.2, 0) is 54.4 Å². The zero-order chi connectivity index (χ0) is 64.2. The first-order chi connectivity index (χ1) is 41.6. The Hall–Kier alpha value is -8.52. The average Bonchev–Trinajstić information content (AvgIpc) is 3.63. The number of amides is 11. The third-order valence-corrected chi connectivity index (χ3v) is 14.3. The maximum Gasteiger partial charge on any atom is 0.252 e. The van der Waals surface area contributed by atoms with Gasteiger partial charge in [-0.2, -0.15) is 0 Å². The fourth-order valence-corrected chi connectivity index (χ4v) is 9.04. The number of nitrogens with two attached hydrogens (primary N) is 5. The molecule has 1 aliphatic rings. The molecule has 0 radical (unpaired) electrons. The van der Waals surface area contributed by atoms with Gasteiger partial charge in [-0.25, -0.2) is 0 Å². The fraction of sp³-hybridized carbons (Fsp3) is 0.509. The first-order valence-electron chi connectivity index (χ1n) is 28.8. The van der Waals surface area contributed by atoms with Crippen molar-refractivity contribution in [2.24, 2.45) is 34.6 Å². The Labute approximate surface area is 503 Å². The molecular weight excluding hydrogens is 1130 g/mol. The summed E-state index contributed by atoms with van der Waals surface area (Å²) in [5.41, 5.74) is 31.4. The minimum atomic E-state index is -1.75. The molecule has 1 aromatic heterocycles. The van der Waals surface area contributed by atoms with E-state index in [0.717, 1.165) is 5.56 Å². The van der Waals surface area contributed by atoms with E-state index in [2.05, 4.69) is 63.5 Å². The van der Waals surface area contributed by atoms with Crippen LogP contribution in [0.2, 0.25) is 0 Å². The van der Waals surface area contributed by atoms with Gasteiger partial charge in [-0.05, 0) is 88.8 Å². The van der Waals surface area contributed by atoms with Crippen LogP contribution < -0.4 is 87.2 Å². The molecule has 4 rings (SSSR count). The number of rotatable bonds is 24. The lowest BCUT2D eigenvalue weighted by Gasteiger charge is -2.30. The minimum absolute atomic E-state index is 0.0949. The molecule has 12 atom stereocenters. The molecular formula is C57H85N17O13. The number of pyridine rings is 1. The van der Waals surface area contributed by atoms with E-state index < -0.39 is 164 Å². The van der Waals surface area contributed by atoms with Crippen LogP contribution in [0, 0.1) is 5.92 Å². The fourth-order valence-electron chi connectivity index (χ4n) is 9.04. The summed E-state index contributed by atoms with van der Waals surface area (Å²) in [6.07, 6.45) is -1.13. The Balaban J connectivity index is 1.67. The number of aliphatic hydroxyl groups excluding tert-OH is 2. The molecule has 1 saturated heterocycles. The quantitative estimate of drug-likeness (QED) is 0.0397. The van der Waals surface area contributed by atoms with Crippen LogP contribution in [0.15, 0.2) is 79.0 Å². The second-order valence-electron chi connectivity index (χ2n) is 20.8. The van der Waals surface area contributed by atoms with E-state index in [4.69, 9.17) is 28.7 Å². The average molecular weight is 1220 g/mol. The van der Waals surface area contributed by atoms with Gasteiger partial charge in [-0.1, -0.05) is 80.9 Å². The lowest BCUT2D eigenvalue weighted by molar-refractivity contribution is -0.136. The first-order valence-corrected chi connectivity index (χ1v) is 28.8. The summed E-state index contributed by atoms with van der Waals surface area (Å²) in [4.78, 5) is 158. The number of benzene rings is 2. The van der Waals surface area contributed by atoms with Crippen LogP contribution in [-0.4, -0.2) is 193 Å². The molecule has 11 amide bonds. The van der Waals surface area contributed by atoms with Gasteiger partial charge in [-0.15, -0.1) is 0 Å². The molecule has 2 heterocycles. The summed E-state index contributed by atoms with van der Waals surface area (Å²) in [5.74, 6) is -10.9. The van der Waals surface area contributed by atoms with Gasteiger partial charge in [0.15, 0.2) is 0 Å². The van der Waals surface area contributed by atoms with Gasteiger partial charge in [-0.3, -0.25) is 57.7 Å². The highest BCUT2D eigenvalue weighted by Gasteiger charge is 2.37. The molecule has 30 heteroatoms. The summed E-state index contributed by atoms with van der Waals surface area (Å²) < 4.78 is 0. The summed E-state index contributed by atoms with van der Waals surface area (Å²) in [7, 11) is 0. The zero-order valence-corrected chi connectivity index (χ0v) is 49.1. The lowest BCUT2D eigenvalue weighted by Crippen LogP contribution is -2.62. The normalized spacial score (nSPS) is 22.1. The monoisotopic (exact) mass is 1220 g/mol. The van der Waals surface area contributed by atoms with Gasteiger partial charge >= 0.3 is 0 Å². The van der Waals surface area contributed by atoms with Crippen molar-refractivity contribution in [2.75, 3.05) is 45.9 Å². The van der Waals surface area contributed by atoms with E-state index in [1.165, 1.54) is 25.3 Å². The smallest absolute Gasteiger partial charge is 0.252 e. The van der Waals surface area contributed by atoms with Gasteiger partial charge < -0.3 is 97.4 Å². The van der Waals surface area contributed by atoms with Crippen molar-refractivity contribution in [3.8, 4) is 11.3 Å². The Morgan fingerprint density at radius 3 is 1.67 bits per heavy atom. The van der Waals surface area contributed by atoms with E-state index >= 15 is 0 Å². The second-order valence-corrected chi connectivity index (χ2v) is 20.8. The van der Waals surface area contributed by atoms with Gasteiger partial charge in [0.1, 0.15) is 60.4 Å². The molecule has 2 aromatic carbocycles. The third-order valence-electron chi connectivity index (χ3n) is 14.3. The van der Waals surface area contributed by atoms with E-state index in [-0.39, 0.29) is 63.8 Å². The molecule has 0 spiro atoms. The lowest BCUT2D eigenvalue weighted by atomic mass is 9.96. The van der Waals surface area contributed by atoms with Crippen molar-refractivity contribution in [2.45, 2.75) is 132 Å². The number of nitrogens with zero attached hydrogens (tertiary/aromatic N) is 1. The van der Waals surface area contributed by atoms with Gasteiger partial charge in [0.25, 0.3) is 5.91 Å². The van der Waals surface area contributed by atoms with Crippen LogP contribution in [0.4, 0.5) is 0 Å². The first kappa shape index (κ1) is 71.0. The topological polar surface area (TPSA) is 504 Å². The van der Waals surface area contributed by atoms with Crippen LogP contribution in [0.25, 0.3) is 11.3 Å². The van der Waals surface area contributed by atoms with Crippen LogP contribution in [0.3, 0.4) is 0 Å². The van der Waals surface area contributed by atoms with Gasteiger partial charge in [0.05, 0.1) is 18.4 Å². The third kappa shape index (κ3) is 22.1. The van der Waals surface area contributed by atoms with E-state index in [0.29, 0.717) is 17.7 Å². The van der Waals surface area contributed by atoms with Crippen LogP contribution >= 0.6 is 0 Å². The van der Waals surface area contributed by atoms with Crippen molar-refractivity contribution in [1.29, 1.82) is 0 Å². The maximum atomic E-state index is 14.5. The molecule has 0 bridgehead atoms. The Kier molecular flexibility index (Phi) is 29.7. The standard InChI is InChI=1S/C57H85N17O13/c1-4-31(2)45-57(87)69-38(17-23-60)48(78)67-39(18-24-61)52(82)74-46(32(3)76)56(86)64-26-20-40(51(81)66-37(16-22-59)49(79)70-42(53(83)73-45)27-33-11-7-5-8-12-33)68-54(84)43(29-62)71-55(85)44(30-75)72-50(80)36(15-21-58)65-47(77)35-19-25-63-41(28-35)34-13-9-6-10-14-34/h5-14,19,25,28,31-32,36-40,42-46,75-76H,4,15-18,20-24,26-27,29-30,58-62H2,1-3H3,(H,64,86)(H,65,77)(H,66,81)(H,67,78)(H,68,84)(H,69,87)(H,70,79)(H,71,85)(H,72,80)(H,73,83)(H,74,82)/t31-,32+,36-,37-,38-,39-,40-,42+,43+,44-,45-,46-/m0/s1. The van der Waals surface area contributed by atoms with Gasteiger partial charge in [0.2, 0.25) is 59.1 Å². The minimum Gasteiger partial charge on any atom is -0.394 e. The molecule has 3 aromatic rings. The summed E-state index contributed by atoms with van der Waals surface area (Å²) in [6.45, 7) is 1.89. The molecule has 0 unspecified atom stereocenters. The van der Waals surface area contributed by atoms with E-state index in [9.17, 15) is 63.0 Å². The summed E-state index contributed by atoms with van der Waals surface area (Å²) >= 11 is 0. The number of aromatic nitrogens is 1. The van der Waals surface area contributed by atoms with Crippen LogP contribution in [0.5, 0.6) is 0 Å². The predicted molar refractivity (Wildman–Crippen MR) is 318 cm³/mol.